The van der Waals surface area contributed by atoms with Crippen LogP contribution in [0.15, 0.2) is 42.9 Å². The first-order chi connectivity index (χ1) is 9.65. The van der Waals surface area contributed by atoms with E-state index >= 15 is 0 Å². The molecular formula is C13H8ClN3O2S. The number of carboxylic acid groups (broad SMARTS) is 1. The number of aromatic nitrogens is 3. The number of aromatic carboxylic acids is 1. The second-order valence-electron chi connectivity index (χ2n) is 3.95. The van der Waals surface area contributed by atoms with Gasteiger partial charge in [0.1, 0.15) is 11.3 Å². The lowest BCUT2D eigenvalue weighted by Crippen LogP contribution is -1.96. The summed E-state index contributed by atoms with van der Waals surface area (Å²) >= 11 is 7.19. The number of nitrogens with zero attached hydrogens (tertiary/aromatic N) is 3. The number of hydrogen-bond acceptors (Lipinski definition) is 4. The molecule has 0 bridgehead atoms. The Morgan fingerprint density at radius 2 is 2.00 bits per heavy atom. The summed E-state index contributed by atoms with van der Waals surface area (Å²) < 4.78 is 2.11. The SMILES string of the molecule is O=C(O)c1cn(-c2ccncc2)nc1-c1ccc(Cl)s1. The first kappa shape index (κ1) is 12.8. The maximum atomic E-state index is 11.4. The van der Waals surface area contributed by atoms with E-state index in [1.807, 2.05) is 0 Å². The van der Waals surface area contributed by atoms with Crippen LogP contribution in [0.4, 0.5) is 0 Å². The lowest BCUT2D eigenvalue weighted by Gasteiger charge is -1.98. The van der Waals surface area contributed by atoms with Crippen LogP contribution in [0.25, 0.3) is 16.3 Å². The minimum Gasteiger partial charge on any atom is -0.478 e. The van der Waals surface area contributed by atoms with Gasteiger partial charge in [-0.1, -0.05) is 11.6 Å². The average molecular weight is 306 g/mol. The van der Waals surface area contributed by atoms with Crippen molar-refractivity contribution < 1.29 is 9.90 Å². The van der Waals surface area contributed by atoms with Crippen molar-refractivity contribution in [1.29, 1.82) is 0 Å². The third kappa shape index (κ3) is 2.31. The zero-order valence-electron chi connectivity index (χ0n) is 10.0. The second kappa shape index (κ2) is 5.07. The quantitative estimate of drug-likeness (QED) is 0.805. The van der Waals surface area contributed by atoms with Crippen LogP contribution in [0.3, 0.4) is 0 Å². The number of halogens is 1. The van der Waals surface area contributed by atoms with Crippen LogP contribution in [-0.2, 0) is 0 Å². The van der Waals surface area contributed by atoms with Crippen LogP contribution < -0.4 is 0 Å². The first-order valence-corrected chi connectivity index (χ1v) is 6.83. The summed E-state index contributed by atoms with van der Waals surface area (Å²) in [6.45, 7) is 0. The molecule has 0 unspecified atom stereocenters. The number of rotatable bonds is 3. The van der Waals surface area contributed by atoms with Gasteiger partial charge in [0.2, 0.25) is 0 Å². The fourth-order valence-corrected chi connectivity index (χ4v) is 2.83. The van der Waals surface area contributed by atoms with Crippen molar-refractivity contribution in [2.24, 2.45) is 0 Å². The Morgan fingerprint density at radius 1 is 1.25 bits per heavy atom. The van der Waals surface area contributed by atoms with Crippen LogP contribution in [0.5, 0.6) is 0 Å². The molecule has 0 aliphatic rings. The molecule has 0 amide bonds. The molecule has 0 atom stereocenters. The molecule has 0 radical (unpaired) electrons. The van der Waals surface area contributed by atoms with Crippen molar-refractivity contribution >= 4 is 28.9 Å². The van der Waals surface area contributed by atoms with E-state index in [9.17, 15) is 9.90 Å². The Kier molecular flexibility index (Phi) is 3.25. The van der Waals surface area contributed by atoms with Crippen LogP contribution in [0, 0.1) is 0 Å². The van der Waals surface area contributed by atoms with Crippen LogP contribution in [-0.4, -0.2) is 25.8 Å². The van der Waals surface area contributed by atoms with E-state index in [1.54, 1.807) is 36.7 Å². The third-order valence-electron chi connectivity index (χ3n) is 2.68. The van der Waals surface area contributed by atoms with Crippen LogP contribution in [0.2, 0.25) is 4.34 Å². The molecule has 0 spiro atoms. The highest BCUT2D eigenvalue weighted by atomic mass is 35.5. The Hall–Kier alpha value is -2.18. The molecule has 3 aromatic rings. The number of thiophene rings is 1. The minimum absolute atomic E-state index is 0.139. The van der Waals surface area contributed by atoms with E-state index in [-0.39, 0.29) is 5.56 Å². The number of hydrogen-bond donors (Lipinski definition) is 1. The van der Waals surface area contributed by atoms with Gasteiger partial charge in [0, 0.05) is 18.6 Å². The van der Waals surface area contributed by atoms with Gasteiger partial charge in [-0.25, -0.2) is 9.48 Å². The van der Waals surface area contributed by atoms with E-state index in [0.29, 0.717) is 10.0 Å². The molecular weight excluding hydrogens is 298 g/mol. The van der Waals surface area contributed by atoms with Gasteiger partial charge in [-0.2, -0.15) is 5.10 Å². The van der Waals surface area contributed by atoms with E-state index in [1.165, 1.54) is 22.2 Å². The highest BCUT2D eigenvalue weighted by molar-refractivity contribution is 7.19. The van der Waals surface area contributed by atoms with Gasteiger partial charge in [-0.15, -0.1) is 11.3 Å². The molecule has 7 heteroatoms. The zero-order valence-corrected chi connectivity index (χ0v) is 11.6. The van der Waals surface area contributed by atoms with Gasteiger partial charge < -0.3 is 5.11 Å². The van der Waals surface area contributed by atoms with Crippen molar-refractivity contribution in [3.63, 3.8) is 0 Å². The van der Waals surface area contributed by atoms with Crippen molar-refractivity contribution in [2.75, 3.05) is 0 Å². The molecule has 3 heterocycles. The zero-order chi connectivity index (χ0) is 14.1. The van der Waals surface area contributed by atoms with E-state index in [4.69, 9.17) is 11.6 Å². The van der Waals surface area contributed by atoms with Gasteiger partial charge in [0.25, 0.3) is 0 Å². The molecule has 1 N–H and O–H groups in total. The van der Waals surface area contributed by atoms with Gasteiger partial charge in [0.05, 0.1) is 14.9 Å². The Labute approximate surface area is 123 Å². The van der Waals surface area contributed by atoms with Gasteiger partial charge in [-0.3, -0.25) is 4.98 Å². The lowest BCUT2D eigenvalue weighted by atomic mass is 10.2. The van der Waals surface area contributed by atoms with Crippen molar-refractivity contribution in [1.82, 2.24) is 14.8 Å². The molecule has 20 heavy (non-hydrogen) atoms. The third-order valence-corrected chi connectivity index (χ3v) is 3.92. The predicted octanol–water partition coefficient (Wildman–Crippen LogP) is 3.35. The van der Waals surface area contributed by atoms with Crippen LogP contribution >= 0.6 is 22.9 Å². The second-order valence-corrected chi connectivity index (χ2v) is 5.67. The Morgan fingerprint density at radius 3 is 2.60 bits per heavy atom. The summed E-state index contributed by atoms with van der Waals surface area (Å²) in [5, 5.41) is 13.6. The molecule has 0 aliphatic heterocycles. The number of pyridine rings is 1. The maximum absolute atomic E-state index is 11.4. The van der Waals surface area contributed by atoms with Crippen molar-refractivity contribution in [3.8, 4) is 16.3 Å². The summed E-state index contributed by atoms with van der Waals surface area (Å²) in [5.41, 5.74) is 1.29. The summed E-state index contributed by atoms with van der Waals surface area (Å²) in [6, 6.07) is 6.99. The summed E-state index contributed by atoms with van der Waals surface area (Å²) in [4.78, 5) is 16.0. The highest BCUT2D eigenvalue weighted by Gasteiger charge is 2.19. The van der Waals surface area contributed by atoms with E-state index in [0.717, 1.165) is 10.6 Å². The topological polar surface area (TPSA) is 68.0 Å². The average Bonchev–Trinajstić information content (AvgIpc) is 3.05. The number of carbonyl (C=O) groups is 1. The summed E-state index contributed by atoms with van der Waals surface area (Å²) in [6.07, 6.45) is 4.74. The van der Waals surface area contributed by atoms with Gasteiger partial charge in [-0.05, 0) is 24.3 Å². The molecule has 3 aromatic heterocycles. The lowest BCUT2D eigenvalue weighted by molar-refractivity contribution is 0.0697. The molecule has 5 nitrogen and oxygen atoms in total. The molecule has 0 aromatic carbocycles. The number of carboxylic acids is 1. The summed E-state index contributed by atoms with van der Waals surface area (Å²) in [5.74, 6) is -1.02. The molecule has 0 fully saturated rings. The smallest absolute Gasteiger partial charge is 0.339 e. The van der Waals surface area contributed by atoms with Crippen LogP contribution in [0.1, 0.15) is 10.4 Å². The monoisotopic (exact) mass is 305 g/mol. The molecule has 0 aliphatic carbocycles. The van der Waals surface area contributed by atoms with Crippen molar-refractivity contribution in [3.05, 3.63) is 52.8 Å². The predicted molar refractivity (Wildman–Crippen MR) is 76.6 cm³/mol. The molecule has 100 valence electrons. The minimum atomic E-state index is -1.02. The van der Waals surface area contributed by atoms with E-state index in [2.05, 4.69) is 10.1 Å². The van der Waals surface area contributed by atoms with Gasteiger partial charge >= 0.3 is 5.97 Å². The Bertz CT molecular complexity index is 767. The maximum Gasteiger partial charge on any atom is 0.339 e. The standard InChI is InChI=1S/C13H8ClN3O2S/c14-11-2-1-10(20-11)12-9(13(18)19)7-17(16-12)8-3-5-15-6-4-8/h1-7H,(H,18,19). The van der Waals surface area contributed by atoms with E-state index < -0.39 is 5.97 Å². The first-order valence-electron chi connectivity index (χ1n) is 5.64. The Balaban J connectivity index is 2.15. The molecule has 0 saturated heterocycles. The van der Waals surface area contributed by atoms with Crippen molar-refractivity contribution in [2.45, 2.75) is 0 Å². The fraction of sp³-hybridized carbons (Fsp3) is 0. The highest BCUT2D eigenvalue weighted by Crippen LogP contribution is 2.32. The largest absolute Gasteiger partial charge is 0.478 e. The fourth-order valence-electron chi connectivity index (χ4n) is 1.78. The molecule has 0 saturated carbocycles. The normalized spacial score (nSPS) is 10.7. The summed E-state index contributed by atoms with van der Waals surface area (Å²) in [7, 11) is 0. The molecule has 3 rings (SSSR count). The van der Waals surface area contributed by atoms with Gasteiger partial charge in [0.15, 0.2) is 0 Å².